The molecule has 0 fully saturated rings. The molecule has 0 unspecified atom stereocenters. The van der Waals surface area contributed by atoms with Gasteiger partial charge in [0.05, 0.1) is 11.1 Å². The predicted octanol–water partition coefficient (Wildman–Crippen LogP) is 3.00. The van der Waals surface area contributed by atoms with E-state index in [4.69, 9.17) is 16.7 Å². The van der Waals surface area contributed by atoms with Crippen LogP contribution in [0.1, 0.15) is 11.1 Å². The molecule has 1 aromatic heterocycles. The second-order valence-corrected chi connectivity index (χ2v) is 4.86. The molecule has 18 heavy (non-hydrogen) atoms. The Morgan fingerprint density at radius 3 is 2.56 bits per heavy atom. The highest BCUT2D eigenvalue weighted by molar-refractivity contribution is 9.10. The molecule has 0 aliphatic rings. The third kappa shape index (κ3) is 3.41. The summed E-state index contributed by atoms with van der Waals surface area (Å²) in [5, 5.41) is 12.3. The molecule has 2 aromatic rings. The molecule has 0 aliphatic carbocycles. The number of halogens is 2. The summed E-state index contributed by atoms with van der Waals surface area (Å²) in [5.74, 6) is 0.654. The molecule has 94 valence electrons. The lowest BCUT2D eigenvalue weighted by molar-refractivity contribution is 0.282. The van der Waals surface area contributed by atoms with Gasteiger partial charge in [0.1, 0.15) is 5.82 Å². The summed E-state index contributed by atoms with van der Waals surface area (Å²) in [4.78, 5) is 7.93. The molecule has 1 aromatic carbocycles. The first-order valence-corrected chi connectivity index (χ1v) is 6.46. The topological polar surface area (TPSA) is 58.0 Å². The molecule has 2 rings (SSSR count). The van der Waals surface area contributed by atoms with Crippen LogP contribution in [0.3, 0.4) is 0 Å². The van der Waals surface area contributed by atoms with E-state index in [-0.39, 0.29) is 11.9 Å². The molecule has 0 saturated carbocycles. The number of hydrogen-bond acceptors (Lipinski definition) is 4. The zero-order chi connectivity index (χ0) is 13.0. The number of nitrogens with zero attached hydrogens (tertiary/aromatic N) is 2. The molecular formula is C12H11BrClN3O. The van der Waals surface area contributed by atoms with Crippen molar-refractivity contribution in [3.63, 3.8) is 0 Å². The smallest absolute Gasteiger partial charge is 0.224 e. The normalized spacial score (nSPS) is 10.4. The van der Waals surface area contributed by atoms with Crippen LogP contribution in [0.25, 0.3) is 0 Å². The third-order valence-electron chi connectivity index (χ3n) is 2.38. The van der Waals surface area contributed by atoms with E-state index in [0.717, 1.165) is 15.6 Å². The van der Waals surface area contributed by atoms with Crippen molar-refractivity contribution in [1.29, 1.82) is 0 Å². The van der Waals surface area contributed by atoms with Crippen molar-refractivity contribution in [2.45, 2.75) is 13.2 Å². The molecular weight excluding hydrogens is 318 g/mol. The van der Waals surface area contributed by atoms with E-state index in [0.29, 0.717) is 12.4 Å². The summed E-state index contributed by atoms with van der Waals surface area (Å²) in [6.07, 6.45) is 1.60. The summed E-state index contributed by atoms with van der Waals surface area (Å²) in [6, 6.07) is 7.68. The van der Waals surface area contributed by atoms with Crippen LogP contribution in [0.15, 0.2) is 34.9 Å². The van der Waals surface area contributed by atoms with Gasteiger partial charge in [-0.25, -0.2) is 4.98 Å². The van der Waals surface area contributed by atoms with E-state index in [1.165, 1.54) is 0 Å². The molecule has 4 nitrogen and oxygen atoms in total. The average Bonchev–Trinajstić information content (AvgIpc) is 2.40. The summed E-state index contributed by atoms with van der Waals surface area (Å²) < 4.78 is 0.763. The number of aromatic nitrogens is 2. The quantitative estimate of drug-likeness (QED) is 0.847. The first kappa shape index (κ1) is 13.3. The minimum Gasteiger partial charge on any atom is -0.392 e. The van der Waals surface area contributed by atoms with Crippen LogP contribution in [-0.2, 0) is 13.2 Å². The van der Waals surface area contributed by atoms with Gasteiger partial charge in [-0.15, -0.1) is 0 Å². The number of nitrogens with one attached hydrogen (secondary N) is 1. The standard InChI is InChI=1S/C12H11BrClN3O/c13-10-6-16-12(14)17-11(10)15-5-8-1-3-9(7-18)4-2-8/h1-4,6,18H,5,7H2,(H,15,16,17). The molecule has 0 saturated heterocycles. The minimum atomic E-state index is 0.0563. The van der Waals surface area contributed by atoms with Crippen molar-refractivity contribution in [1.82, 2.24) is 9.97 Å². The van der Waals surface area contributed by atoms with Gasteiger partial charge in [0.15, 0.2) is 0 Å². The molecule has 2 N–H and O–H groups in total. The zero-order valence-electron chi connectivity index (χ0n) is 9.40. The van der Waals surface area contributed by atoms with Crippen molar-refractivity contribution in [3.05, 3.63) is 51.3 Å². The van der Waals surface area contributed by atoms with Crippen LogP contribution >= 0.6 is 27.5 Å². The number of aliphatic hydroxyl groups is 1. The SMILES string of the molecule is OCc1ccc(CNc2nc(Cl)ncc2Br)cc1. The first-order valence-electron chi connectivity index (χ1n) is 5.29. The van der Waals surface area contributed by atoms with E-state index in [1.807, 2.05) is 24.3 Å². The van der Waals surface area contributed by atoms with Gasteiger partial charge in [0.2, 0.25) is 5.28 Å². The Kier molecular flexibility index (Phi) is 4.52. The van der Waals surface area contributed by atoms with Crippen molar-refractivity contribution in [2.75, 3.05) is 5.32 Å². The lowest BCUT2D eigenvalue weighted by Crippen LogP contribution is -2.03. The van der Waals surface area contributed by atoms with Gasteiger partial charge in [0.25, 0.3) is 0 Å². The van der Waals surface area contributed by atoms with E-state index in [1.54, 1.807) is 6.20 Å². The highest BCUT2D eigenvalue weighted by Crippen LogP contribution is 2.20. The second-order valence-electron chi connectivity index (χ2n) is 3.66. The monoisotopic (exact) mass is 327 g/mol. The lowest BCUT2D eigenvalue weighted by Gasteiger charge is -2.08. The lowest BCUT2D eigenvalue weighted by atomic mass is 10.1. The van der Waals surface area contributed by atoms with Crippen molar-refractivity contribution >= 4 is 33.3 Å². The van der Waals surface area contributed by atoms with E-state index in [2.05, 4.69) is 31.2 Å². The van der Waals surface area contributed by atoms with Gasteiger partial charge in [-0.2, -0.15) is 4.98 Å². The fraction of sp³-hybridized carbons (Fsp3) is 0.167. The highest BCUT2D eigenvalue weighted by Gasteiger charge is 2.03. The number of aliphatic hydroxyl groups excluding tert-OH is 1. The van der Waals surface area contributed by atoms with Crippen molar-refractivity contribution in [3.8, 4) is 0 Å². The third-order valence-corrected chi connectivity index (χ3v) is 3.14. The van der Waals surface area contributed by atoms with Gasteiger partial charge < -0.3 is 10.4 Å². The molecule has 0 spiro atoms. The fourth-order valence-corrected chi connectivity index (χ4v) is 1.88. The molecule has 1 heterocycles. The van der Waals surface area contributed by atoms with Crippen LogP contribution < -0.4 is 5.32 Å². The summed E-state index contributed by atoms with van der Waals surface area (Å²) in [7, 11) is 0. The van der Waals surface area contributed by atoms with Crippen LogP contribution in [0, 0.1) is 0 Å². The predicted molar refractivity (Wildman–Crippen MR) is 74.4 cm³/mol. The zero-order valence-corrected chi connectivity index (χ0v) is 11.7. The Labute approximate surface area is 118 Å². The van der Waals surface area contributed by atoms with Crippen molar-refractivity contribution < 1.29 is 5.11 Å². The molecule has 6 heteroatoms. The van der Waals surface area contributed by atoms with Gasteiger partial charge in [0, 0.05) is 12.7 Å². The van der Waals surface area contributed by atoms with E-state index >= 15 is 0 Å². The highest BCUT2D eigenvalue weighted by atomic mass is 79.9. The second kappa shape index (κ2) is 6.13. The average molecular weight is 329 g/mol. The first-order chi connectivity index (χ1) is 8.69. The van der Waals surface area contributed by atoms with Crippen LogP contribution in [0.4, 0.5) is 5.82 Å². The van der Waals surface area contributed by atoms with Crippen LogP contribution in [0.2, 0.25) is 5.28 Å². The van der Waals surface area contributed by atoms with Crippen LogP contribution in [-0.4, -0.2) is 15.1 Å². The van der Waals surface area contributed by atoms with Crippen molar-refractivity contribution in [2.24, 2.45) is 0 Å². The Morgan fingerprint density at radius 1 is 1.22 bits per heavy atom. The molecule has 0 radical (unpaired) electrons. The van der Waals surface area contributed by atoms with Gasteiger partial charge in [-0.3, -0.25) is 0 Å². The summed E-state index contributed by atoms with van der Waals surface area (Å²) >= 11 is 9.07. The van der Waals surface area contributed by atoms with Gasteiger partial charge in [-0.05, 0) is 38.7 Å². The van der Waals surface area contributed by atoms with Crippen LogP contribution in [0.5, 0.6) is 0 Å². The fourth-order valence-electron chi connectivity index (χ4n) is 1.42. The number of rotatable bonds is 4. The van der Waals surface area contributed by atoms with E-state index < -0.39 is 0 Å². The number of anilines is 1. The maximum Gasteiger partial charge on any atom is 0.224 e. The minimum absolute atomic E-state index is 0.0563. The number of hydrogen-bond donors (Lipinski definition) is 2. The van der Waals surface area contributed by atoms with Gasteiger partial charge >= 0.3 is 0 Å². The summed E-state index contributed by atoms with van der Waals surface area (Å²) in [5.41, 5.74) is 1.99. The van der Waals surface area contributed by atoms with Gasteiger partial charge in [-0.1, -0.05) is 24.3 Å². The molecule has 0 amide bonds. The maximum absolute atomic E-state index is 8.95. The molecule has 0 aliphatic heterocycles. The Morgan fingerprint density at radius 2 is 1.89 bits per heavy atom. The number of benzene rings is 1. The van der Waals surface area contributed by atoms with E-state index in [9.17, 15) is 0 Å². The maximum atomic E-state index is 8.95. The Hall–Kier alpha value is -1.17. The molecule has 0 bridgehead atoms. The molecule has 0 atom stereocenters. The Bertz CT molecular complexity index is 533. The largest absolute Gasteiger partial charge is 0.392 e. The Balaban J connectivity index is 2.04. The summed E-state index contributed by atoms with van der Waals surface area (Å²) in [6.45, 7) is 0.679.